The second-order valence-electron chi connectivity index (χ2n) is 9.05. The molecular formula is C25H26F3N7O4. The number of carbonyl (C=O) groups is 1. The Morgan fingerprint density at radius 2 is 1.82 bits per heavy atom. The number of halogens is 3. The van der Waals surface area contributed by atoms with Gasteiger partial charge in [0, 0.05) is 37.2 Å². The number of pyridine rings is 1. The Morgan fingerprint density at radius 1 is 1.08 bits per heavy atom. The van der Waals surface area contributed by atoms with Crippen LogP contribution in [0.25, 0.3) is 11.3 Å². The lowest BCUT2D eigenvalue weighted by molar-refractivity contribution is -0.142. The van der Waals surface area contributed by atoms with E-state index in [1.807, 2.05) is 6.07 Å². The van der Waals surface area contributed by atoms with Gasteiger partial charge in [0.1, 0.15) is 11.8 Å². The van der Waals surface area contributed by atoms with E-state index in [1.165, 1.54) is 6.20 Å². The molecule has 206 valence electrons. The molecule has 2 aliphatic rings. The van der Waals surface area contributed by atoms with Crippen LogP contribution in [-0.2, 0) is 15.7 Å². The minimum atomic E-state index is -4.84. The van der Waals surface area contributed by atoms with Crippen molar-refractivity contribution in [2.45, 2.75) is 32.0 Å². The number of anilines is 2. The van der Waals surface area contributed by atoms with Gasteiger partial charge >= 0.3 is 6.18 Å². The molecule has 5 heterocycles. The summed E-state index contributed by atoms with van der Waals surface area (Å²) in [5, 5.41) is 17.6. The minimum Gasteiger partial charge on any atom is -0.472 e. The van der Waals surface area contributed by atoms with Crippen molar-refractivity contribution in [1.29, 1.82) is 0 Å². The molecule has 2 aliphatic heterocycles. The molecule has 0 aliphatic carbocycles. The van der Waals surface area contributed by atoms with Crippen LogP contribution in [0.2, 0.25) is 0 Å². The number of carbonyl (C=O) groups excluding carboxylic acids is 1. The molecule has 3 aromatic rings. The number of aromatic nitrogens is 5. The van der Waals surface area contributed by atoms with E-state index in [0.717, 1.165) is 30.8 Å². The summed E-state index contributed by atoms with van der Waals surface area (Å²) < 4.78 is 57.1. The average Bonchev–Trinajstić information content (AvgIpc) is 2.95. The van der Waals surface area contributed by atoms with Gasteiger partial charge in [-0.2, -0.15) is 18.3 Å². The molecule has 3 aromatic heterocycles. The number of aryl methyl sites for hydroxylation is 1. The van der Waals surface area contributed by atoms with Gasteiger partial charge in [0.25, 0.3) is 11.8 Å². The molecule has 0 saturated carbocycles. The first-order valence-electron chi connectivity index (χ1n) is 12.4. The molecule has 11 nitrogen and oxygen atoms in total. The number of alkyl halides is 3. The molecule has 0 aromatic carbocycles. The number of hydrogen-bond donors (Lipinski definition) is 1. The predicted octanol–water partition coefficient (Wildman–Crippen LogP) is 3.30. The standard InChI is InChI=1S/C25H26F3N7O4/c1-15-19(12-16(14-29-15)31-23(36)18-2-5-30-33-22(18)25(26,27)28)20-13-21(35-6-10-38-11-7-35)24(34-32-20)39-17-3-8-37-9-4-17/h2,5,12-14,17H,3-4,6-11H2,1H3,(H,31,36). The van der Waals surface area contributed by atoms with E-state index >= 15 is 0 Å². The first kappa shape index (κ1) is 26.7. The Balaban J connectivity index is 1.44. The monoisotopic (exact) mass is 545 g/mol. The zero-order chi connectivity index (χ0) is 27.4. The van der Waals surface area contributed by atoms with Gasteiger partial charge in [0.15, 0.2) is 5.69 Å². The topological polar surface area (TPSA) is 124 Å². The van der Waals surface area contributed by atoms with E-state index in [-0.39, 0.29) is 11.8 Å². The number of hydrogen-bond acceptors (Lipinski definition) is 10. The zero-order valence-corrected chi connectivity index (χ0v) is 21.1. The molecule has 14 heteroatoms. The van der Waals surface area contributed by atoms with E-state index in [4.69, 9.17) is 14.2 Å². The maximum atomic E-state index is 13.3. The van der Waals surface area contributed by atoms with Crippen LogP contribution in [0.1, 0.15) is 34.6 Å². The third kappa shape index (κ3) is 6.23. The maximum Gasteiger partial charge on any atom is 0.435 e. The highest BCUT2D eigenvalue weighted by Gasteiger charge is 2.37. The summed E-state index contributed by atoms with van der Waals surface area (Å²) >= 11 is 0. The first-order chi connectivity index (χ1) is 18.8. The highest BCUT2D eigenvalue weighted by Crippen LogP contribution is 2.34. The molecule has 5 rings (SSSR count). The van der Waals surface area contributed by atoms with Crippen molar-refractivity contribution in [3.05, 3.63) is 47.5 Å². The van der Waals surface area contributed by atoms with Crippen molar-refractivity contribution in [2.75, 3.05) is 49.7 Å². The SMILES string of the molecule is Cc1ncc(NC(=O)c2ccnnc2C(F)(F)F)cc1-c1cc(N2CCOCC2)c(OC2CCOCC2)nn1. The van der Waals surface area contributed by atoms with Crippen LogP contribution < -0.4 is 15.0 Å². The smallest absolute Gasteiger partial charge is 0.435 e. The van der Waals surface area contributed by atoms with Crippen LogP contribution in [-0.4, -0.2) is 76.9 Å². The third-order valence-corrected chi connectivity index (χ3v) is 6.39. The molecule has 0 spiro atoms. The van der Waals surface area contributed by atoms with Gasteiger partial charge in [0.2, 0.25) is 0 Å². The Morgan fingerprint density at radius 3 is 2.56 bits per heavy atom. The molecule has 0 unspecified atom stereocenters. The Kier molecular flexibility index (Phi) is 7.84. The number of rotatable bonds is 6. The van der Waals surface area contributed by atoms with Gasteiger partial charge < -0.3 is 24.4 Å². The Hall–Kier alpha value is -3.91. The van der Waals surface area contributed by atoms with Crippen molar-refractivity contribution >= 4 is 17.3 Å². The summed E-state index contributed by atoms with van der Waals surface area (Å²) in [7, 11) is 0. The molecular weight excluding hydrogens is 519 g/mol. The highest BCUT2D eigenvalue weighted by atomic mass is 19.4. The van der Waals surface area contributed by atoms with E-state index in [1.54, 1.807) is 13.0 Å². The quantitative estimate of drug-likeness (QED) is 0.493. The summed E-state index contributed by atoms with van der Waals surface area (Å²) in [6.45, 7) is 5.39. The van der Waals surface area contributed by atoms with Gasteiger partial charge in [-0.05, 0) is 25.1 Å². The molecule has 2 fully saturated rings. The van der Waals surface area contributed by atoms with Crippen LogP contribution in [0, 0.1) is 6.92 Å². The summed E-state index contributed by atoms with van der Waals surface area (Å²) in [4.78, 5) is 19.2. The number of nitrogens with zero attached hydrogens (tertiary/aromatic N) is 6. The largest absolute Gasteiger partial charge is 0.472 e. The van der Waals surface area contributed by atoms with Crippen molar-refractivity contribution in [3.63, 3.8) is 0 Å². The Labute approximate surface area is 221 Å². The number of amides is 1. The lowest BCUT2D eigenvalue weighted by atomic mass is 10.1. The Bertz CT molecular complexity index is 1330. The predicted molar refractivity (Wildman–Crippen MR) is 132 cm³/mol. The maximum absolute atomic E-state index is 13.3. The lowest BCUT2D eigenvalue weighted by Gasteiger charge is -2.31. The fourth-order valence-corrected chi connectivity index (χ4v) is 4.35. The van der Waals surface area contributed by atoms with Crippen LogP contribution in [0.15, 0.2) is 30.6 Å². The fourth-order valence-electron chi connectivity index (χ4n) is 4.35. The molecule has 39 heavy (non-hydrogen) atoms. The van der Waals surface area contributed by atoms with E-state index in [0.29, 0.717) is 62.3 Å². The molecule has 1 amide bonds. The molecule has 1 N–H and O–H groups in total. The molecule has 2 saturated heterocycles. The summed E-state index contributed by atoms with van der Waals surface area (Å²) in [6.07, 6.45) is -0.991. The van der Waals surface area contributed by atoms with Crippen LogP contribution in [0.3, 0.4) is 0 Å². The van der Waals surface area contributed by atoms with Gasteiger partial charge in [-0.25, -0.2) is 0 Å². The summed E-state index contributed by atoms with van der Waals surface area (Å²) in [5.41, 5.74) is 0.529. The second-order valence-corrected chi connectivity index (χ2v) is 9.05. The van der Waals surface area contributed by atoms with Crippen molar-refractivity contribution in [1.82, 2.24) is 25.4 Å². The number of nitrogens with one attached hydrogen (secondary N) is 1. The molecule has 0 atom stereocenters. The van der Waals surface area contributed by atoms with Gasteiger partial charge in [-0.1, -0.05) is 0 Å². The number of morpholine rings is 1. The fraction of sp³-hybridized carbons (Fsp3) is 0.440. The van der Waals surface area contributed by atoms with Crippen LogP contribution >= 0.6 is 0 Å². The zero-order valence-electron chi connectivity index (χ0n) is 21.1. The van der Waals surface area contributed by atoms with Crippen molar-refractivity contribution < 1.29 is 32.2 Å². The highest BCUT2D eigenvalue weighted by molar-refractivity contribution is 6.05. The van der Waals surface area contributed by atoms with Crippen molar-refractivity contribution in [3.8, 4) is 17.1 Å². The normalized spacial score (nSPS) is 16.7. The minimum absolute atomic E-state index is 0.0371. The van der Waals surface area contributed by atoms with E-state index in [9.17, 15) is 18.0 Å². The van der Waals surface area contributed by atoms with Crippen LogP contribution in [0.5, 0.6) is 5.88 Å². The number of ether oxygens (including phenoxy) is 3. The molecule has 0 radical (unpaired) electrons. The molecule has 0 bridgehead atoms. The van der Waals surface area contributed by atoms with E-state index in [2.05, 4.69) is 35.6 Å². The summed E-state index contributed by atoms with van der Waals surface area (Å²) in [5.74, 6) is -0.582. The third-order valence-electron chi connectivity index (χ3n) is 6.39. The summed E-state index contributed by atoms with van der Waals surface area (Å²) in [6, 6.07) is 4.40. The van der Waals surface area contributed by atoms with E-state index < -0.39 is 23.3 Å². The average molecular weight is 546 g/mol. The van der Waals surface area contributed by atoms with Gasteiger partial charge in [-0.3, -0.25) is 9.78 Å². The first-order valence-corrected chi connectivity index (χ1v) is 12.4. The van der Waals surface area contributed by atoms with Crippen LogP contribution in [0.4, 0.5) is 24.5 Å². The lowest BCUT2D eigenvalue weighted by Crippen LogP contribution is -2.37. The van der Waals surface area contributed by atoms with Gasteiger partial charge in [-0.15, -0.1) is 15.3 Å². The van der Waals surface area contributed by atoms with Crippen molar-refractivity contribution in [2.24, 2.45) is 0 Å². The van der Waals surface area contributed by atoms with Gasteiger partial charge in [0.05, 0.1) is 55.8 Å². The second kappa shape index (κ2) is 11.5.